The first-order valence-corrected chi connectivity index (χ1v) is 5.76. The highest BCUT2D eigenvalue weighted by Gasteiger charge is 2.22. The van der Waals surface area contributed by atoms with Crippen molar-refractivity contribution in [2.24, 2.45) is 0 Å². The van der Waals surface area contributed by atoms with Crippen molar-refractivity contribution in [2.45, 2.75) is 32.4 Å². The molecular weight excluding hydrogens is 202 g/mol. The predicted octanol–water partition coefficient (Wildman–Crippen LogP) is 2.13. The molecule has 0 aromatic heterocycles. The summed E-state index contributed by atoms with van der Waals surface area (Å²) in [6, 6.07) is 4.65. The number of benzene rings is 1. The van der Waals surface area contributed by atoms with Gasteiger partial charge in [-0.05, 0) is 24.5 Å². The Hall–Kier alpha value is -1.22. The van der Waals surface area contributed by atoms with E-state index in [1.54, 1.807) is 14.2 Å². The van der Waals surface area contributed by atoms with Gasteiger partial charge in [-0.3, -0.25) is 0 Å². The van der Waals surface area contributed by atoms with Crippen LogP contribution in [-0.4, -0.2) is 20.3 Å². The van der Waals surface area contributed by atoms with Crippen molar-refractivity contribution < 1.29 is 9.47 Å². The van der Waals surface area contributed by atoms with Gasteiger partial charge < -0.3 is 14.8 Å². The molecule has 2 rings (SSSR count). The summed E-state index contributed by atoms with van der Waals surface area (Å²) in [5.41, 5.74) is 2.62. The number of methoxy groups -OCH3 is 2. The maximum absolute atomic E-state index is 5.47. The van der Waals surface area contributed by atoms with E-state index in [2.05, 4.69) is 18.3 Å². The molecule has 1 heterocycles. The normalized spacial score (nSPS) is 19.1. The van der Waals surface area contributed by atoms with Crippen molar-refractivity contribution in [1.29, 1.82) is 0 Å². The van der Waals surface area contributed by atoms with Crippen molar-refractivity contribution in [3.05, 3.63) is 23.3 Å². The van der Waals surface area contributed by atoms with Crippen LogP contribution in [0.2, 0.25) is 0 Å². The first kappa shape index (κ1) is 11.3. The number of rotatable bonds is 3. The van der Waals surface area contributed by atoms with Crippen molar-refractivity contribution in [3.8, 4) is 11.5 Å². The molecule has 0 fully saturated rings. The molecule has 3 nitrogen and oxygen atoms in total. The van der Waals surface area contributed by atoms with E-state index in [-0.39, 0.29) is 0 Å². The Morgan fingerprint density at radius 2 is 2.12 bits per heavy atom. The van der Waals surface area contributed by atoms with E-state index in [1.165, 1.54) is 11.1 Å². The van der Waals surface area contributed by atoms with Gasteiger partial charge in [0.05, 0.1) is 14.2 Å². The quantitative estimate of drug-likeness (QED) is 0.848. The van der Waals surface area contributed by atoms with Gasteiger partial charge in [-0.1, -0.05) is 13.0 Å². The molecule has 1 atom stereocenters. The van der Waals surface area contributed by atoms with Gasteiger partial charge in [-0.15, -0.1) is 0 Å². The molecule has 0 saturated carbocycles. The van der Waals surface area contributed by atoms with E-state index < -0.39 is 0 Å². The van der Waals surface area contributed by atoms with E-state index in [0.29, 0.717) is 6.04 Å². The molecule has 0 bridgehead atoms. The molecule has 1 N–H and O–H groups in total. The minimum atomic E-state index is 0.550. The molecular formula is C13H19NO2. The standard InChI is InChI=1S/C13H19NO2/c1-4-10-7-11-9(8-14-10)5-6-12(15-2)13(11)16-3/h5-6,10,14H,4,7-8H2,1-3H3. The summed E-state index contributed by atoms with van der Waals surface area (Å²) >= 11 is 0. The van der Waals surface area contributed by atoms with Crippen LogP contribution >= 0.6 is 0 Å². The van der Waals surface area contributed by atoms with E-state index in [0.717, 1.165) is 30.9 Å². The van der Waals surface area contributed by atoms with Crippen LogP contribution in [-0.2, 0) is 13.0 Å². The Morgan fingerprint density at radius 3 is 2.75 bits per heavy atom. The van der Waals surface area contributed by atoms with Crippen molar-refractivity contribution in [2.75, 3.05) is 14.2 Å². The second-order valence-electron chi connectivity index (χ2n) is 4.13. The molecule has 0 spiro atoms. The van der Waals surface area contributed by atoms with E-state index in [1.807, 2.05) is 6.07 Å². The fourth-order valence-corrected chi connectivity index (χ4v) is 2.28. The van der Waals surface area contributed by atoms with Crippen LogP contribution in [0.3, 0.4) is 0 Å². The van der Waals surface area contributed by atoms with Crippen molar-refractivity contribution in [1.82, 2.24) is 5.32 Å². The fourth-order valence-electron chi connectivity index (χ4n) is 2.28. The summed E-state index contributed by atoms with van der Waals surface area (Å²) in [4.78, 5) is 0. The molecule has 0 saturated heterocycles. The monoisotopic (exact) mass is 221 g/mol. The molecule has 3 heteroatoms. The van der Waals surface area contributed by atoms with Crippen LogP contribution in [0, 0.1) is 0 Å². The lowest BCUT2D eigenvalue weighted by Crippen LogP contribution is -2.35. The fraction of sp³-hybridized carbons (Fsp3) is 0.538. The topological polar surface area (TPSA) is 30.5 Å². The molecule has 88 valence electrons. The lowest BCUT2D eigenvalue weighted by Gasteiger charge is -2.27. The maximum atomic E-state index is 5.47. The summed E-state index contributed by atoms with van der Waals surface area (Å²) < 4.78 is 10.8. The third-order valence-corrected chi connectivity index (χ3v) is 3.27. The molecule has 16 heavy (non-hydrogen) atoms. The molecule has 1 aromatic carbocycles. The third-order valence-electron chi connectivity index (χ3n) is 3.27. The van der Waals surface area contributed by atoms with Gasteiger partial charge in [0.2, 0.25) is 0 Å². The Kier molecular flexibility index (Phi) is 3.34. The predicted molar refractivity (Wildman–Crippen MR) is 64.2 cm³/mol. The summed E-state index contributed by atoms with van der Waals surface area (Å²) in [6.45, 7) is 3.13. The highest BCUT2D eigenvalue weighted by molar-refractivity contribution is 5.52. The lowest BCUT2D eigenvalue weighted by molar-refractivity contribution is 0.345. The first-order chi connectivity index (χ1) is 7.80. The summed E-state index contributed by atoms with van der Waals surface area (Å²) in [6.07, 6.45) is 2.16. The number of hydrogen-bond acceptors (Lipinski definition) is 3. The van der Waals surface area contributed by atoms with Crippen molar-refractivity contribution >= 4 is 0 Å². The van der Waals surface area contributed by atoms with Gasteiger partial charge in [-0.2, -0.15) is 0 Å². The van der Waals surface area contributed by atoms with E-state index >= 15 is 0 Å². The minimum Gasteiger partial charge on any atom is -0.493 e. The lowest BCUT2D eigenvalue weighted by atomic mass is 9.93. The van der Waals surface area contributed by atoms with Crippen LogP contribution in [0.25, 0.3) is 0 Å². The van der Waals surface area contributed by atoms with Gasteiger partial charge in [0.1, 0.15) is 0 Å². The zero-order valence-corrected chi connectivity index (χ0v) is 10.2. The van der Waals surface area contributed by atoms with Gasteiger partial charge in [0, 0.05) is 18.2 Å². The highest BCUT2D eigenvalue weighted by atomic mass is 16.5. The molecule has 1 aromatic rings. The zero-order chi connectivity index (χ0) is 11.5. The van der Waals surface area contributed by atoms with Crippen LogP contribution < -0.4 is 14.8 Å². The molecule has 0 radical (unpaired) electrons. The molecule has 1 aliphatic heterocycles. The van der Waals surface area contributed by atoms with Crippen LogP contribution in [0.15, 0.2) is 12.1 Å². The second-order valence-corrected chi connectivity index (χ2v) is 4.13. The number of nitrogens with one attached hydrogen (secondary N) is 1. The maximum Gasteiger partial charge on any atom is 0.164 e. The Morgan fingerprint density at radius 1 is 1.31 bits per heavy atom. The zero-order valence-electron chi connectivity index (χ0n) is 10.2. The van der Waals surface area contributed by atoms with E-state index in [4.69, 9.17) is 9.47 Å². The van der Waals surface area contributed by atoms with Crippen molar-refractivity contribution in [3.63, 3.8) is 0 Å². The highest BCUT2D eigenvalue weighted by Crippen LogP contribution is 2.36. The molecule has 1 aliphatic rings. The van der Waals surface area contributed by atoms with Gasteiger partial charge in [-0.25, -0.2) is 0 Å². The summed E-state index contributed by atoms with van der Waals surface area (Å²) in [7, 11) is 3.39. The summed E-state index contributed by atoms with van der Waals surface area (Å²) in [5, 5.41) is 3.52. The van der Waals surface area contributed by atoms with Gasteiger partial charge >= 0.3 is 0 Å². The smallest absolute Gasteiger partial charge is 0.164 e. The van der Waals surface area contributed by atoms with Crippen LogP contribution in [0.5, 0.6) is 11.5 Å². The van der Waals surface area contributed by atoms with Crippen LogP contribution in [0.4, 0.5) is 0 Å². The number of hydrogen-bond donors (Lipinski definition) is 1. The van der Waals surface area contributed by atoms with Gasteiger partial charge in [0.25, 0.3) is 0 Å². The minimum absolute atomic E-state index is 0.550. The van der Waals surface area contributed by atoms with E-state index in [9.17, 15) is 0 Å². The Bertz CT molecular complexity index is 376. The average molecular weight is 221 g/mol. The van der Waals surface area contributed by atoms with Gasteiger partial charge in [0.15, 0.2) is 11.5 Å². The molecule has 0 amide bonds. The second kappa shape index (κ2) is 4.74. The third kappa shape index (κ3) is 1.87. The molecule has 0 aliphatic carbocycles. The largest absolute Gasteiger partial charge is 0.493 e. The number of fused-ring (bicyclic) bond motifs is 1. The Balaban J connectivity index is 2.41. The SMILES string of the molecule is CCC1Cc2c(ccc(OC)c2OC)CN1. The van der Waals surface area contributed by atoms with Crippen LogP contribution in [0.1, 0.15) is 24.5 Å². The average Bonchev–Trinajstić information content (AvgIpc) is 2.36. The summed E-state index contributed by atoms with van der Waals surface area (Å²) in [5.74, 6) is 1.73. The number of ether oxygens (including phenoxy) is 2. The first-order valence-electron chi connectivity index (χ1n) is 5.76. The Labute approximate surface area is 96.8 Å². The molecule has 1 unspecified atom stereocenters.